The topological polar surface area (TPSA) is 88.2 Å². The van der Waals surface area contributed by atoms with Gasteiger partial charge >= 0.3 is 6.03 Å². The molecule has 0 bridgehead atoms. The highest BCUT2D eigenvalue weighted by molar-refractivity contribution is 6.20. The van der Waals surface area contributed by atoms with Crippen molar-refractivity contribution in [1.29, 1.82) is 0 Å². The van der Waals surface area contributed by atoms with Gasteiger partial charge in [0.1, 0.15) is 5.41 Å². The molecule has 4 amide bonds. The lowest BCUT2D eigenvalue weighted by Crippen LogP contribution is -2.68. The fourth-order valence-electron chi connectivity index (χ4n) is 5.22. The molecule has 2 heterocycles. The van der Waals surface area contributed by atoms with Gasteiger partial charge in [-0.05, 0) is 46.5 Å². The molecule has 8 heteroatoms. The van der Waals surface area contributed by atoms with E-state index in [0.29, 0.717) is 17.9 Å². The van der Waals surface area contributed by atoms with Gasteiger partial charge in [0.15, 0.2) is 11.5 Å². The number of methoxy groups -OCH3 is 2. The summed E-state index contributed by atoms with van der Waals surface area (Å²) in [6.45, 7) is 0.338. The van der Waals surface area contributed by atoms with Gasteiger partial charge in [0.25, 0.3) is 0 Å². The molecule has 2 aliphatic heterocycles. The van der Waals surface area contributed by atoms with Crippen LogP contribution in [0.25, 0.3) is 10.8 Å². The number of barbiturate groups is 1. The minimum atomic E-state index is -1.38. The van der Waals surface area contributed by atoms with Crippen molar-refractivity contribution in [3.05, 3.63) is 65.7 Å². The maximum Gasteiger partial charge on any atom is 0.330 e. The van der Waals surface area contributed by atoms with E-state index in [1.165, 1.54) is 4.90 Å². The van der Waals surface area contributed by atoms with Crippen molar-refractivity contribution in [1.82, 2.24) is 10.2 Å². The summed E-state index contributed by atoms with van der Waals surface area (Å²) in [5.74, 6) is 0.171. The second-order valence-corrected chi connectivity index (χ2v) is 9.05. The van der Waals surface area contributed by atoms with Crippen LogP contribution in [-0.2, 0) is 22.4 Å². The van der Waals surface area contributed by atoms with Gasteiger partial charge in [0.2, 0.25) is 11.8 Å². The third kappa shape index (κ3) is 3.65. The van der Waals surface area contributed by atoms with Crippen molar-refractivity contribution in [2.75, 3.05) is 39.3 Å². The van der Waals surface area contributed by atoms with Gasteiger partial charge in [-0.3, -0.25) is 19.8 Å². The molecule has 0 saturated carbocycles. The Morgan fingerprint density at radius 1 is 0.971 bits per heavy atom. The lowest BCUT2D eigenvalue weighted by Gasteiger charge is -2.45. The average molecular weight is 474 g/mol. The van der Waals surface area contributed by atoms with Gasteiger partial charge in [0.05, 0.1) is 14.2 Å². The van der Waals surface area contributed by atoms with Crippen molar-refractivity contribution < 1.29 is 23.9 Å². The van der Waals surface area contributed by atoms with Crippen molar-refractivity contribution >= 4 is 34.3 Å². The molecule has 35 heavy (non-hydrogen) atoms. The third-order valence-electron chi connectivity index (χ3n) is 7.04. The lowest BCUT2D eigenvalue weighted by atomic mass is 9.73. The van der Waals surface area contributed by atoms with Crippen LogP contribution in [0.4, 0.5) is 10.5 Å². The summed E-state index contributed by atoms with van der Waals surface area (Å²) in [6, 6.07) is 16.8. The molecular formula is C27H27N3O5. The molecule has 0 radical (unpaired) electrons. The highest BCUT2D eigenvalue weighted by atomic mass is 16.5. The van der Waals surface area contributed by atoms with E-state index in [4.69, 9.17) is 9.47 Å². The number of ether oxygens (including phenoxy) is 2. The Bertz CT molecular complexity index is 1350. The Morgan fingerprint density at radius 3 is 2.51 bits per heavy atom. The zero-order valence-electron chi connectivity index (χ0n) is 20.0. The Labute approximate surface area is 203 Å². The summed E-state index contributed by atoms with van der Waals surface area (Å²) in [7, 11) is 4.99. The molecule has 2 aliphatic rings. The number of amides is 4. The van der Waals surface area contributed by atoms with E-state index in [-0.39, 0.29) is 19.5 Å². The van der Waals surface area contributed by atoms with Gasteiger partial charge < -0.3 is 14.4 Å². The number of rotatable bonds is 5. The Morgan fingerprint density at radius 2 is 1.74 bits per heavy atom. The fraction of sp³-hybridized carbons (Fsp3) is 0.296. The fourth-order valence-corrected chi connectivity index (χ4v) is 5.22. The predicted octanol–water partition coefficient (Wildman–Crippen LogP) is 3.16. The lowest BCUT2D eigenvalue weighted by molar-refractivity contribution is -0.151. The molecule has 0 aliphatic carbocycles. The Hall–Kier alpha value is -4.07. The van der Waals surface area contributed by atoms with E-state index in [1.807, 2.05) is 60.5 Å². The largest absolute Gasteiger partial charge is 0.493 e. The molecule has 1 spiro atoms. The summed E-state index contributed by atoms with van der Waals surface area (Å²) in [4.78, 5) is 42.9. The number of anilines is 1. The SMILES string of the molecule is COc1ccc(CCN2C(=O)NC(=O)C3(Cc4c(ccc5ccccc45)N(C)C3)C2=O)cc1OC. The maximum absolute atomic E-state index is 13.8. The molecule has 1 unspecified atom stereocenters. The van der Waals surface area contributed by atoms with Crippen LogP contribution in [0.3, 0.4) is 0 Å². The van der Waals surface area contributed by atoms with Gasteiger partial charge in [-0.1, -0.05) is 36.4 Å². The van der Waals surface area contributed by atoms with Crippen molar-refractivity contribution in [3.8, 4) is 11.5 Å². The monoisotopic (exact) mass is 473 g/mol. The van der Waals surface area contributed by atoms with Crippen LogP contribution in [0.1, 0.15) is 11.1 Å². The second-order valence-electron chi connectivity index (χ2n) is 9.05. The van der Waals surface area contributed by atoms with Crippen molar-refractivity contribution in [3.63, 3.8) is 0 Å². The first-order chi connectivity index (χ1) is 16.9. The highest BCUT2D eigenvalue weighted by Crippen LogP contribution is 2.42. The molecule has 5 rings (SSSR count). The van der Waals surface area contributed by atoms with Gasteiger partial charge in [-0.25, -0.2) is 4.79 Å². The first-order valence-electron chi connectivity index (χ1n) is 11.5. The van der Waals surface area contributed by atoms with Crippen LogP contribution >= 0.6 is 0 Å². The first-order valence-corrected chi connectivity index (χ1v) is 11.5. The smallest absolute Gasteiger partial charge is 0.330 e. The molecule has 3 aromatic carbocycles. The van der Waals surface area contributed by atoms with Gasteiger partial charge in [0, 0.05) is 32.2 Å². The number of nitrogens with one attached hydrogen (secondary N) is 1. The average Bonchev–Trinajstić information content (AvgIpc) is 2.87. The summed E-state index contributed by atoms with van der Waals surface area (Å²) in [6.07, 6.45) is 0.651. The molecule has 180 valence electrons. The zero-order valence-corrected chi connectivity index (χ0v) is 20.0. The molecule has 3 aromatic rings. The Balaban J connectivity index is 1.46. The standard InChI is InChI=1S/C27H27N3O5/c1-29-16-27(15-20-19-7-5-4-6-18(19)9-10-21(20)29)24(31)28-26(33)30(25(27)32)13-12-17-8-11-22(34-2)23(14-17)35-3/h4-11,14H,12-13,15-16H2,1-3H3,(H,28,31,33). The second kappa shape index (κ2) is 8.61. The van der Waals surface area contributed by atoms with E-state index in [2.05, 4.69) is 5.32 Å². The summed E-state index contributed by atoms with van der Waals surface area (Å²) >= 11 is 0. The number of fused-ring (bicyclic) bond motifs is 3. The number of carbonyl (C=O) groups excluding carboxylic acids is 3. The van der Waals surface area contributed by atoms with E-state index in [9.17, 15) is 14.4 Å². The molecule has 1 saturated heterocycles. The number of carbonyl (C=O) groups is 3. The molecular weight excluding hydrogens is 446 g/mol. The third-order valence-corrected chi connectivity index (χ3v) is 7.04. The van der Waals surface area contributed by atoms with Crippen LogP contribution in [0.5, 0.6) is 11.5 Å². The van der Waals surface area contributed by atoms with E-state index in [1.54, 1.807) is 20.3 Å². The van der Waals surface area contributed by atoms with E-state index in [0.717, 1.165) is 27.6 Å². The minimum Gasteiger partial charge on any atom is -0.493 e. The minimum absolute atomic E-state index is 0.140. The zero-order chi connectivity index (χ0) is 24.7. The summed E-state index contributed by atoms with van der Waals surface area (Å²) in [5.41, 5.74) is 1.43. The van der Waals surface area contributed by atoms with Crippen molar-refractivity contribution in [2.24, 2.45) is 5.41 Å². The van der Waals surface area contributed by atoms with Crippen LogP contribution in [0, 0.1) is 5.41 Å². The van der Waals surface area contributed by atoms with Gasteiger partial charge in [-0.2, -0.15) is 0 Å². The van der Waals surface area contributed by atoms with E-state index >= 15 is 0 Å². The molecule has 1 fully saturated rings. The van der Waals surface area contributed by atoms with Crippen molar-refractivity contribution in [2.45, 2.75) is 12.8 Å². The number of urea groups is 1. The van der Waals surface area contributed by atoms with E-state index < -0.39 is 23.3 Å². The number of hydrogen-bond acceptors (Lipinski definition) is 6. The van der Waals surface area contributed by atoms with Crippen LogP contribution in [0.2, 0.25) is 0 Å². The highest BCUT2D eigenvalue weighted by Gasteiger charge is 2.56. The maximum atomic E-state index is 13.8. The van der Waals surface area contributed by atoms with Crippen LogP contribution < -0.4 is 19.7 Å². The van der Waals surface area contributed by atoms with Crippen LogP contribution in [0.15, 0.2) is 54.6 Å². The molecule has 1 atom stereocenters. The molecule has 0 aromatic heterocycles. The quantitative estimate of drug-likeness (QED) is 0.573. The molecule has 1 N–H and O–H groups in total. The van der Waals surface area contributed by atoms with Gasteiger partial charge in [-0.15, -0.1) is 0 Å². The normalized spacial score (nSPS) is 19.7. The Kier molecular flexibility index (Phi) is 5.59. The number of benzene rings is 3. The summed E-state index contributed by atoms with van der Waals surface area (Å²) in [5, 5.41) is 4.50. The first kappa shape index (κ1) is 22.7. The number of nitrogens with zero attached hydrogens (tertiary/aromatic N) is 2. The summed E-state index contributed by atoms with van der Waals surface area (Å²) < 4.78 is 10.6. The predicted molar refractivity (Wildman–Crippen MR) is 132 cm³/mol. The van der Waals surface area contributed by atoms with Crippen LogP contribution in [-0.4, -0.2) is 57.1 Å². The number of imide groups is 2. The molecule has 8 nitrogen and oxygen atoms in total. The number of hydrogen-bond donors (Lipinski definition) is 1.